The first-order chi connectivity index (χ1) is 10.9. The van der Waals surface area contributed by atoms with Crippen LogP contribution < -0.4 is 10.6 Å². The normalized spacial score (nSPS) is 30.7. The quantitative estimate of drug-likeness (QED) is 0.864. The van der Waals surface area contributed by atoms with E-state index in [1.54, 1.807) is 0 Å². The molecule has 2 aliphatic heterocycles. The molecule has 1 aliphatic carbocycles. The summed E-state index contributed by atoms with van der Waals surface area (Å²) in [5.74, 6) is 2.98. The number of hydrogen-bond acceptors (Lipinski definition) is 5. The maximum atomic E-state index is 5.65. The highest BCUT2D eigenvalue weighted by atomic mass is 35.5. The van der Waals surface area contributed by atoms with E-state index in [-0.39, 0.29) is 12.4 Å². The molecule has 0 bridgehead atoms. The van der Waals surface area contributed by atoms with Gasteiger partial charge in [-0.1, -0.05) is 6.42 Å². The third kappa shape index (κ3) is 3.71. The number of aromatic nitrogens is 3. The van der Waals surface area contributed by atoms with Crippen molar-refractivity contribution in [3.05, 3.63) is 11.6 Å². The molecule has 3 atom stereocenters. The monoisotopic (exact) mass is 341 g/mol. The zero-order valence-electron chi connectivity index (χ0n) is 13.7. The van der Waals surface area contributed by atoms with Gasteiger partial charge in [-0.25, -0.2) is 0 Å². The van der Waals surface area contributed by atoms with E-state index in [9.17, 15) is 0 Å². The molecular weight excluding hydrogens is 314 g/mol. The largest absolute Gasteiger partial charge is 0.379 e. The Morgan fingerprint density at radius 2 is 2.17 bits per heavy atom. The van der Waals surface area contributed by atoms with Gasteiger partial charge in [0.15, 0.2) is 0 Å². The van der Waals surface area contributed by atoms with E-state index >= 15 is 0 Å². The lowest BCUT2D eigenvalue weighted by Crippen LogP contribution is -2.50. The predicted molar refractivity (Wildman–Crippen MR) is 90.8 cm³/mol. The smallest absolute Gasteiger partial charge is 0.147 e. The van der Waals surface area contributed by atoms with Crippen LogP contribution in [-0.2, 0) is 24.2 Å². The van der Waals surface area contributed by atoms with Crippen LogP contribution in [0.1, 0.15) is 43.8 Å². The van der Waals surface area contributed by atoms with Crippen LogP contribution in [0, 0.1) is 5.92 Å². The minimum Gasteiger partial charge on any atom is -0.379 e. The first-order valence-corrected chi connectivity index (χ1v) is 8.87. The number of halogens is 1. The third-order valence-corrected chi connectivity index (χ3v) is 5.50. The minimum atomic E-state index is 0. The lowest BCUT2D eigenvalue weighted by molar-refractivity contribution is 0.0523. The predicted octanol–water partition coefficient (Wildman–Crippen LogP) is 1.28. The number of rotatable bonds is 4. The van der Waals surface area contributed by atoms with Crippen molar-refractivity contribution in [2.24, 2.45) is 5.92 Å². The Morgan fingerprint density at radius 3 is 3.04 bits per heavy atom. The number of nitrogens with one attached hydrogen (secondary N) is 2. The molecule has 0 amide bonds. The molecule has 1 saturated carbocycles. The molecular formula is C16H28ClN5O. The summed E-state index contributed by atoms with van der Waals surface area (Å²) < 4.78 is 7.97. The summed E-state index contributed by atoms with van der Waals surface area (Å²) in [5.41, 5.74) is 0. The number of morpholine rings is 1. The van der Waals surface area contributed by atoms with Crippen molar-refractivity contribution in [1.29, 1.82) is 0 Å². The SMILES string of the molecule is C1CCn2c(nnc2CNC2CCCC2C2COCCN2)C1.Cl. The van der Waals surface area contributed by atoms with Crippen molar-refractivity contribution in [2.75, 3.05) is 19.8 Å². The third-order valence-electron chi connectivity index (χ3n) is 5.50. The van der Waals surface area contributed by atoms with Gasteiger partial charge in [0.05, 0.1) is 19.8 Å². The molecule has 3 aliphatic rings. The number of hydrogen-bond donors (Lipinski definition) is 2. The molecule has 3 unspecified atom stereocenters. The molecule has 2 N–H and O–H groups in total. The fourth-order valence-corrected chi connectivity index (χ4v) is 4.31. The van der Waals surface area contributed by atoms with Gasteiger partial charge in [0, 0.05) is 31.6 Å². The van der Waals surface area contributed by atoms with E-state index in [1.807, 2.05) is 0 Å². The van der Waals surface area contributed by atoms with Crippen LogP contribution >= 0.6 is 12.4 Å². The van der Waals surface area contributed by atoms with Gasteiger partial charge < -0.3 is 19.9 Å². The van der Waals surface area contributed by atoms with Gasteiger partial charge in [-0.15, -0.1) is 22.6 Å². The molecule has 3 heterocycles. The van der Waals surface area contributed by atoms with Crippen LogP contribution in [0.2, 0.25) is 0 Å². The lowest BCUT2D eigenvalue weighted by Gasteiger charge is -2.33. The van der Waals surface area contributed by atoms with E-state index in [4.69, 9.17) is 4.74 Å². The zero-order valence-corrected chi connectivity index (χ0v) is 14.5. The summed E-state index contributed by atoms with van der Waals surface area (Å²) in [6.07, 6.45) is 7.48. The molecule has 130 valence electrons. The Labute approximate surface area is 144 Å². The first kappa shape index (κ1) is 17.1. The average Bonchev–Trinajstić information content (AvgIpc) is 3.20. The van der Waals surface area contributed by atoms with E-state index in [2.05, 4.69) is 25.4 Å². The fraction of sp³-hybridized carbons (Fsp3) is 0.875. The second-order valence-corrected chi connectivity index (χ2v) is 6.86. The van der Waals surface area contributed by atoms with Crippen molar-refractivity contribution < 1.29 is 4.74 Å². The van der Waals surface area contributed by atoms with E-state index in [0.29, 0.717) is 18.0 Å². The molecule has 1 aromatic heterocycles. The molecule has 2 fully saturated rings. The zero-order chi connectivity index (χ0) is 14.8. The summed E-state index contributed by atoms with van der Waals surface area (Å²) in [7, 11) is 0. The van der Waals surface area contributed by atoms with Crippen molar-refractivity contribution in [1.82, 2.24) is 25.4 Å². The summed E-state index contributed by atoms with van der Waals surface area (Å²) in [4.78, 5) is 0. The van der Waals surface area contributed by atoms with Crippen LogP contribution in [0.4, 0.5) is 0 Å². The molecule has 7 heteroatoms. The maximum absolute atomic E-state index is 5.65. The van der Waals surface area contributed by atoms with Crippen molar-refractivity contribution in [3.63, 3.8) is 0 Å². The Balaban J connectivity index is 0.00000156. The molecule has 23 heavy (non-hydrogen) atoms. The number of ether oxygens (including phenoxy) is 1. The molecule has 0 spiro atoms. The number of nitrogens with zero attached hydrogens (tertiary/aromatic N) is 3. The summed E-state index contributed by atoms with van der Waals surface area (Å²) in [6.45, 7) is 4.65. The Bertz CT molecular complexity index is 503. The Kier molecular flexibility index (Phi) is 5.91. The average molecular weight is 342 g/mol. The van der Waals surface area contributed by atoms with Crippen LogP contribution in [0.25, 0.3) is 0 Å². The summed E-state index contributed by atoms with van der Waals surface area (Å²) in [6, 6.07) is 1.09. The summed E-state index contributed by atoms with van der Waals surface area (Å²) >= 11 is 0. The van der Waals surface area contributed by atoms with Crippen molar-refractivity contribution in [3.8, 4) is 0 Å². The van der Waals surface area contributed by atoms with E-state index in [1.165, 1.54) is 37.9 Å². The molecule has 6 nitrogen and oxygen atoms in total. The number of fused-ring (bicyclic) bond motifs is 1. The van der Waals surface area contributed by atoms with Crippen molar-refractivity contribution >= 4 is 12.4 Å². The summed E-state index contributed by atoms with van der Waals surface area (Å²) in [5, 5.41) is 16.2. The van der Waals surface area contributed by atoms with Crippen LogP contribution in [-0.4, -0.2) is 46.6 Å². The minimum absolute atomic E-state index is 0. The first-order valence-electron chi connectivity index (χ1n) is 8.87. The highest BCUT2D eigenvalue weighted by Crippen LogP contribution is 2.29. The fourth-order valence-electron chi connectivity index (χ4n) is 4.31. The highest BCUT2D eigenvalue weighted by Gasteiger charge is 2.34. The van der Waals surface area contributed by atoms with Gasteiger partial charge in [-0.2, -0.15) is 0 Å². The van der Waals surface area contributed by atoms with Gasteiger partial charge in [-0.3, -0.25) is 0 Å². The molecule has 0 aromatic carbocycles. The lowest BCUT2D eigenvalue weighted by atomic mass is 9.94. The molecule has 4 rings (SSSR count). The number of aryl methyl sites for hydroxylation is 1. The van der Waals surface area contributed by atoms with Gasteiger partial charge >= 0.3 is 0 Å². The Hall–Kier alpha value is -0.690. The van der Waals surface area contributed by atoms with Crippen LogP contribution in [0.15, 0.2) is 0 Å². The highest BCUT2D eigenvalue weighted by molar-refractivity contribution is 5.85. The van der Waals surface area contributed by atoms with E-state index < -0.39 is 0 Å². The molecule has 1 saturated heterocycles. The van der Waals surface area contributed by atoms with Crippen LogP contribution in [0.3, 0.4) is 0 Å². The van der Waals surface area contributed by atoms with Gasteiger partial charge in [0.25, 0.3) is 0 Å². The van der Waals surface area contributed by atoms with Gasteiger partial charge in [0.1, 0.15) is 11.6 Å². The van der Waals surface area contributed by atoms with Gasteiger partial charge in [-0.05, 0) is 31.6 Å². The molecule has 1 aromatic rings. The second kappa shape index (κ2) is 7.92. The van der Waals surface area contributed by atoms with Crippen LogP contribution in [0.5, 0.6) is 0 Å². The standard InChI is InChI=1S/C16H27N5O.ClH/c1-2-8-21-15(6-1)19-20-16(21)10-18-13-5-3-4-12(13)14-11-22-9-7-17-14;/h12-14,17-18H,1-11H2;1H. The maximum Gasteiger partial charge on any atom is 0.147 e. The molecule has 0 radical (unpaired) electrons. The van der Waals surface area contributed by atoms with E-state index in [0.717, 1.165) is 45.1 Å². The second-order valence-electron chi connectivity index (χ2n) is 6.86. The Morgan fingerprint density at radius 1 is 1.22 bits per heavy atom. The van der Waals surface area contributed by atoms with Crippen molar-refractivity contribution in [2.45, 2.75) is 63.7 Å². The topological polar surface area (TPSA) is 64.0 Å². The van der Waals surface area contributed by atoms with Gasteiger partial charge in [0.2, 0.25) is 0 Å².